The van der Waals surface area contributed by atoms with Crippen LogP contribution in [0.2, 0.25) is 0 Å². The molecule has 0 spiro atoms. The second-order valence-corrected chi connectivity index (χ2v) is 12.5. The number of fused-ring (bicyclic) bond motifs is 2. The van der Waals surface area contributed by atoms with Gasteiger partial charge in [-0.15, -0.1) is 0 Å². The highest BCUT2D eigenvalue weighted by atomic mass is 32.2. The quantitative estimate of drug-likeness (QED) is 0.191. The molecule has 14 heteroatoms. The van der Waals surface area contributed by atoms with Crippen LogP contribution in [0.4, 0.5) is 5.69 Å². The molecule has 0 saturated heterocycles. The van der Waals surface area contributed by atoms with Crippen LogP contribution in [0, 0.1) is 11.3 Å². The molecule has 3 N–H and O–H groups in total. The predicted molar refractivity (Wildman–Crippen MR) is 173 cm³/mol. The third-order valence-electron chi connectivity index (χ3n) is 7.45. The van der Waals surface area contributed by atoms with Crippen LogP contribution in [0.15, 0.2) is 83.9 Å². The molecule has 3 aromatic carbocycles. The molecule has 0 saturated carbocycles. The van der Waals surface area contributed by atoms with Crippen molar-refractivity contribution in [3.8, 4) is 6.07 Å². The van der Waals surface area contributed by atoms with Gasteiger partial charge in [-0.2, -0.15) is 5.26 Å². The standard InChI is InChI=1S/C33H31N7O6S/c1-3-46-33(43)26(18-29(35)41)38-31(42)20-40(47(44,45)28-8-4-6-23-7-5-15-36-32(23)28)24-13-14-27-25(17-24)37-30(39(27)2)16-21-9-11-22(19-34)12-10-21/h4-15,17,26H,3,16,18,20H2,1-2H3,(H2,35,41)(H,38,42). The summed E-state index contributed by atoms with van der Waals surface area (Å²) in [5, 5.41) is 12.1. The van der Waals surface area contributed by atoms with Crippen molar-refractivity contribution in [1.82, 2.24) is 19.9 Å². The van der Waals surface area contributed by atoms with Crippen LogP contribution in [0.5, 0.6) is 0 Å². The molecule has 0 aliphatic rings. The van der Waals surface area contributed by atoms with E-state index in [1.165, 1.54) is 12.3 Å². The number of hydrogen-bond donors (Lipinski definition) is 2. The van der Waals surface area contributed by atoms with Crippen molar-refractivity contribution >= 4 is 55.4 Å². The van der Waals surface area contributed by atoms with E-state index >= 15 is 0 Å². The highest BCUT2D eigenvalue weighted by Crippen LogP contribution is 2.30. The normalized spacial score (nSPS) is 11.9. The number of imidazole rings is 1. The van der Waals surface area contributed by atoms with Crippen molar-refractivity contribution in [3.63, 3.8) is 0 Å². The highest BCUT2D eigenvalue weighted by Gasteiger charge is 2.32. The van der Waals surface area contributed by atoms with E-state index in [1.807, 2.05) is 23.7 Å². The zero-order valence-electron chi connectivity index (χ0n) is 25.6. The van der Waals surface area contributed by atoms with Crippen molar-refractivity contribution < 1.29 is 27.5 Å². The van der Waals surface area contributed by atoms with Gasteiger partial charge in [0.25, 0.3) is 10.0 Å². The number of benzene rings is 3. The van der Waals surface area contributed by atoms with Gasteiger partial charge in [-0.3, -0.25) is 18.9 Å². The number of amides is 2. The fourth-order valence-corrected chi connectivity index (χ4v) is 6.74. The van der Waals surface area contributed by atoms with Crippen molar-refractivity contribution in [2.75, 3.05) is 17.5 Å². The first kappa shape index (κ1) is 32.6. The van der Waals surface area contributed by atoms with E-state index < -0.39 is 46.8 Å². The number of nitrogens with two attached hydrogens (primary N) is 1. The van der Waals surface area contributed by atoms with E-state index in [4.69, 9.17) is 20.7 Å². The number of anilines is 1. The number of hydrogen-bond acceptors (Lipinski definition) is 9. The summed E-state index contributed by atoms with van der Waals surface area (Å²) in [6, 6.07) is 20.8. The van der Waals surface area contributed by atoms with Gasteiger partial charge in [-0.05, 0) is 55.0 Å². The second kappa shape index (κ2) is 13.7. The molecule has 0 aliphatic carbocycles. The van der Waals surface area contributed by atoms with Crippen molar-refractivity contribution in [2.24, 2.45) is 12.8 Å². The molecule has 0 radical (unpaired) electrons. The van der Waals surface area contributed by atoms with Crippen LogP contribution in [-0.4, -0.2) is 59.9 Å². The number of aromatic nitrogens is 3. The molecular weight excluding hydrogens is 622 g/mol. The van der Waals surface area contributed by atoms with Crippen molar-refractivity contribution in [2.45, 2.75) is 30.7 Å². The zero-order chi connectivity index (χ0) is 33.7. The molecule has 1 atom stereocenters. The van der Waals surface area contributed by atoms with Crippen LogP contribution >= 0.6 is 0 Å². The summed E-state index contributed by atoms with van der Waals surface area (Å²) < 4.78 is 36.5. The Hall–Kier alpha value is -5.81. The number of para-hydroxylation sites is 1. The number of primary amides is 1. The third-order valence-corrected chi connectivity index (χ3v) is 9.26. The summed E-state index contributed by atoms with van der Waals surface area (Å²) in [4.78, 5) is 46.4. The Balaban J connectivity index is 1.55. The fourth-order valence-electron chi connectivity index (χ4n) is 5.16. The van der Waals surface area contributed by atoms with Crippen LogP contribution < -0.4 is 15.4 Å². The number of carbonyl (C=O) groups excluding carboxylic acids is 3. The molecule has 13 nitrogen and oxygen atoms in total. The lowest BCUT2D eigenvalue weighted by atomic mass is 10.1. The summed E-state index contributed by atoms with van der Waals surface area (Å²) in [6.45, 7) is 0.809. The Morgan fingerprint density at radius 1 is 1.09 bits per heavy atom. The summed E-state index contributed by atoms with van der Waals surface area (Å²) >= 11 is 0. The monoisotopic (exact) mass is 653 g/mol. The number of ether oxygens (including phenoxy) is 1. The number of carbonyl (C=O) groups is 3. The van der Waals surface area contributed by atoms with E-state index in [-0.39, 0.29) is 22.7 Å². The van der Waals surface area contributed by atoms with Crippen molar-refractivity contribution in [3.05, 3.63) is 95.9 Å². The first-order valence-electron chi connectivity index (χ1n) is 14.6. The van der Waals surface area contributed by atoms with E-state index in [0.29, 0.717) is 28.7 Å². The van der Waals surface area contributed by atoms with Gasteiger partial charge in [0.15, 0.2) is 0 Å². The van der Waals surface area contributed by atoms with Gasteiger partial charge in [0.05, 0.1) is 46.9 Å². The van der Waals surface area contributed by atoms with Crippen LogP contribution in [0.1, 0.15) is 30.3 Å². The molecule has 0 aliphatic heterocycles. The zero-order valence-corrected chi connectivity index (χ0v) is 26.4. The number of sulfonamides is 1. The maximum Gasteiger partial charge on any atom is 0.329 e. The van der Waals surface area contributed by atoms with Crippen LogP contribution in [0.25, 0.3) is 21.9 Å². The lowest BCUT2D eigenvalue weighted by molar-refractivity contribution is -0.148. The van der Waals surface area contributed by atoms with Crippen LogP contribution in [-0.2, 0) is 42.6 Å². The molecule has 0 bridgehead atoms. The Bertz CT molecular complexity index is 2130. The number of esters is 1. The van der Waals surface area contributed by atoms with E-state index in [1.54, 1.807) is 61.5 Å². The Labute approximate surface area is 270 Å². The topological polar surface area (TPSA) is 190 Å². The molecule has 5 rings (SSSR count). The van der Waals surface area contributed by atoms with Gasteiger partial charge in [-0.1, -0.05) is 30.3 Å². The molecule has 5 aromatic rings. The number of aryl methyl sites for hydroxylation is 1. The predicted octanol–water partition coefficient (Wildman–Crippen LogP) is 2.70. The third kappa shape index (κ3) is 7.05. The maximum absolute atomic E-state index is 14.4. The number of nitrogens with zero attached hydrogens (tertiary/aromatic N) is 5. The minimum Gasteiger partial charge on any atom is -0.464 e. The highest BCUT2D eigenvalue weighted by molar-refractivity contribution is 7.93. The van der Waals surface area contributed by atoms with Crippen LogP contribution in [0.3, 0.4) is 0 Å². The maximum atomic E-state index is 14.4. The Morgan fingerprint density at radius 2 is 1.83 bits per heavy atom. The Morgan fingerprint density at radius 3 is 2.53 bits per heavy atom. The Kier molecular flexibility index (Phi) is 9.48. The smallest absolute Gasteiger partial charge is 0.329 e. The van der Waals surface area contributed by atoms with E-state index in [0.717, 1.165) is 15.4 Å². The number of rotatable bonds is 12. The van der Waals surface area contributed by atoms with Gasteiger partial charge in [0.2, 0.25) is 11.8 Å². The molecule has 0 fully saturated rings. The molecule has 2 aromatic heterocycles. The fraction of sp³-hybridized carbons (Fsp3) is 0.212. The second-order valence-electron chi connectivity index (χ2n) is 10.6. The molecule has 2 amide bonds. The number of nitriles is 1. The molecule has 47 heavy (non-hydrogen) atoms. The summed E-state index contributed by atoms with van der Waals surface area (Å²) in [5.74, 6) is -1.91. The molecule has 240 valence electrons. The van der Waals surface area contributed by atoms with Gasteiger partial charge >= 0.3 is 5.97 Å². The van der Waals surface area contributed by atoms with Gasteiger partial charge in [0, 0.05) is 25.1 Å². The minimum atomic E-state index is -4.45. The molecule has 1 unspecified atom stereocenters. The summed E-state index contributed by atoms with van der Waals surface area (Å²) in [5.41, 5.74) is 8.29. The summed E-state index contributed by atoms with van der Waals surface area (Å²) in [7, 11) is -2.61. The number of pyridine rings is 1. The first-order chi connectivity index (χ1) is 22.5. The van der Waals surface area contributed by atoms with Crippen molar-refractivity contribution in [1.29, 1.82) is 5.26 Å². The molecule has 2 heterocycles. The van der Waals surface area contributed by atoms with Gasteiger partial charge in [-0.25, -0.2) is 18.2 Å². The number of nitrogens with one attached hydrogen (secondary N) is 1. The molecular formula is C33H31N7O6S. The largest absolute Gasteiger partial charge is 0.464 e. The SMILES string of the molecule is CCOC(=O)C(CC(N)=O)NC(=O)CN(c1ccc2c(c1)nc(Cc1ccc(C#N)cc1)n2C)S(=O)(=O)c1cccc2cccnc12. The van der Waals surface area contributed by atoms with Gasteiger partial charge < -0.3 is 20.4 Å². The first-order valence-corrected chi connectivity index (χ1v) is 16.0. The van der Waals surface area contributed by atoms with E-state index in [9.17, 15) is 22.8 Å². The average Bonchev–Trinajstić information content (AvgIpc) is 3.36. The van der Waals surface area contributed by atoms with E-state index in [2.05, 4.69) is 16.4 Å². The average molecular weight is 654 g/mol. The lowest BCUT2D eigenvalue weighted by Gasteiger charge is -2.25. The minimum absolute atomic E-state index is 0.00416. The van der Waals surface area contributed by atoms with Gasteiger partial charge in [0.1, 0.15) is 23.3 Å². The lowest BCUT2D eigenvalue weighted by Crippen LogP contribution is -2.49. The summed E-state index contributed by atoms with van der Waals surface area (Å²) in [6.07, 6.45) is 1.39.